The molecular weight excluding hydrogens is 319 g/mol. The molecule has 0 radical (unpaired) electrons. The van der Waals surface area contributed by atoms with E-state index in [9.17, 15) is 24.1 Å². The highest BCUT2D eigenvalue weighted by Crippen LogP contribution is 2.40. The van der Waals surface area contributed by atoms with E-state index >= 15 is 0 Å². The zero-order valence-corrected chi connectivity index (χ0v) is 11.6. The van der Waals surface area contributed by atoms with E-state index in [1.807, 2.05) is 0 Å². The molecule has 1 heterocycles. The highest BCUT2D eigenvalue weighted by molar-refractivity contribution is 6.33. The van der Waals surface area contributed by atoms with Gasteiger partial charge in [0.05, 0.1) is 15.8 Å². The van der Waals surface area contributed by atoms with E-state index < -0.39 is 38.4 Å². The van der Waals surface area contributed by atoms with Crippen molar-refractivity contribution in [2.45, 2.75) is 18.9 Å². The van der Waals surface area contributed by atoms with Crippen LogP contribution in [-0.2, 0) is 0 Å². The van der Waals surface area contributed by atoms with Crippen molar-refractivity contribution in [1.29, 1.82) is 0 Å². The topological polar surface area (TPSA) is 102 Å². The Bertz CT molecular complexity index is 904. The maximum absolute atomic E-state index is 14.4. The summed E-state index contributed by atoms with van der Waals surface area (Å²) in [6.07, 6.45) is 2.46. The van der Waals surface area contributed by atoms with Gasteiger partial charge in [0.1, 0.15) is 5.56 Å². The number of rotatable bonds is 3. The summed E-state index contributed by atoms with van der Waals surface area (Å²) >= 11 is 5.67. The van der Waals surface area contributed by atoms with Gasteiger partial charge < -0.3 is 9.67 Å². The third-order valence-electron chi connectivity index (χ3n) is 3.54. The summed E-state index contributed by atoms with van der Waals surface area (Å²) in [4.78, 5) is 33.3. The average molecular weight is 327 g/mol. The van der Waals surface area contributed by atoms with Gasteiger partial charge in [-0.1, -0.05) is 11.6 Å². The van der Waals surface area contributed by atoms with Crippen molar-refractivity contribution in [3.63, 3.8) is 0 Å². The van der Waals surface area contributed by atoms with Crippen molar-refractivity contribution in [2.24, 2.45) is 0 Å². The monoisotopic (exact) mass is 326 g/mol. The van der Waals surface area contributed by atoms with E-state index in [4.69, 9.17) is 16.7 Å². The number of carbonyl (C=O) groups is 1. The molecular formula is C13H8ClFN2O5. The van der Waals surface area contributed by atoms with Gasteiger partial charge in [-0.2, -0.15) is 0 Å². The molecule has 1 aromatic heterocycles. The summed E-state index contributed by atoms with van der Waals surface area (Å²) in [5.41, 5.74) is -2.50. The lowest BCUT2D eigenvalue weighted by molar-refractivity contribution is -0.384. The molecule has 0 atom stereocenters. The first-order valence-electron chi connectivity index (χ1n) is 6.27. The van der Waals surface area contributed by atoms with Crippen LogP contribution in [0.1, 0.15) is 29.2 Å². The predicted octanol–water partition coefficient (Wildman–Crippen LogP) is 2.74. The molecule has 0 unspecified atom stereocenters. The van der Waals surface area contributed by atoms with Gasteiger partial charge in [-0.3, -0.25) is 14.9 Å². The Labute approximate surface area is 126 Å². The Hall–Kier alpha value is -2.48. The van der Waals surface area contributed by atoms with Gasteiger partial charge in [0, 0.05) is 18.3 Å². The molecule has 1 saturated carbocycles. The summed E-state index contributed by atoms with van der Waals surface area (Å²) in [7, 11) is 0. The van der Waals surface area contributed by atoms with Crippen LogP contribution in [0.25, 0.3) is 10.9 Å². The average Bonchev–Trinajstić information content (AvgIpc) is 3.26. The van der Waals surface area contributed by atoms with Crippen LogP contribution in [0.4, 0.5) is 10.1 Å². The van der Waals surface area contributed by atoms with Crippen molar-refractivity contribution in [1.82, 2.24) is 4.57 Å². The second kappa shape index (κ2) is 4.77. The SMILES string of the molecule is O=C(O)c1cn(C2CC2)c2c(F)c(Cl)c([N+](=O)[O-])cc2c1=O. The van der Waals surface area contributed by atoms with Gasteiger partial charge in [-0.05, 0) is 12.8 Å². The normalized spacial score (nSPS) is 14.3. The number of aromatic carboxylic acids is 1. The molecule has 0 spiro atoms. The minimum atomic E-state index is -1.47. The first-order valence-corrected chi connectivity index (χ1v) is 6.65. The quantitative estimate of drug-likeness (QED) is 0.690. The van der Waals surface area contributed by atoms with Gasteiger partial charge in [0.15, 0.2) is 10.8 Å². The second-order valence-corrected chi connectivity index (χ2v) is 5.37. The number of pyridine rings is 1. The van der Waals surface area contributed by atoms with Crippen molar-refractivity contribution in [3.8, 4) is 0 Å². The number of benzene rings is 1. The predicted molar refractivity (Wildman–Crippen MR) is 75.1 cm³/mol. The summed E-state index contributed by atoms with van der Waals surface area (Å²) in [5, 5.41) is 18.9. The molecule has 0 saturated heterocycles. The lowest BCUT2D eigenvalue weighted by Gasteiger charge is -2.12. The highest BCUT2D eigenvalue weighted by Gasteiger charge is 2.31. The number of fused-ring (bicyclic) bond motifs is 1. The molecule has 1 fully saturated rings. The first kappa shape index (κ1) is 14.5. The lowest BCUT2D eigenvalue weighted by atomic mass is 10.1. The number of carboxylic acids is 1. The van der Waals surface area contributed by atoms with Crippen molar-refractivity contribution < 1.29 is 19.2 Å². The zero-order valence-electron chi connectivity index (χ0n) is 10.9. The minimum Gasteiger partial charge on any atom is -0.477 e. The molecule has 0 bridgehead atoms. The van der Waals surface area contributed by atoms with E-state index in [0.29, 0.717) is 12.8 Å². The molecule has 9 heteroatoms. The third kappa shape index (κ3) is 2.03. The Morgan fingerprint density at radius 1 is 1.50 bits per heavy atom. The van der Waals surface area contributed by atoms with Crippen LogP contribution in [-0.4, -0.2) is 20.6 Å². The molecule has 7 nitrogen and oxygen atoms in total. The highest BCUT2D eigenvalue weighted by atomic mass is 35.5. The van der Waals surface area contributed by atoms with E-state index in [0.717, 1.165) is 12.3 Å². The molecule has 22 heavy (non-hydrogen) atoms. The largest absolute Gasteiger partial charge is 0.477 e. The minimum absolute atomic E-state index is 0.145. The number of halogens is 2. The smallest absolute Gasteiger partial charge is 0.341 e. The van der Waals surface area contributed by atoms with Crippen LogP contribution in [0.15, 0.2) is 17.1 Å². The van der Waals surface area contributed by atoms with Crippen LogP contribution in [0, 0.1) is 15.9 Å². The molecule has 1 aliphatic carbocycles. The Morgan fingerprint density at radius 2 is 2.14 bits per heavy atom. The van der Waals surface area contributed by atoms with Crippen LogP contribution in [0.5, 0.6) is 0 Å². The van der Waals surface area contributed by atoms with Gasteiger partial charge in [-0.15, -0.1) is 0 Å². The number of carboxylic acid groups (broad SMARTS) is 1. The number of nitro groups is 1. The summed E-state index contributed by atoms with van der Waals surface area (Å²) in [6, 6.07) is 0.683. The van der Waals surface area contributed by atoms with Gasteiger partial charge >= 0.3 is 5.97 Å². The molecule has 1 aromatic carbocycles. The molecule has 2 aromatic rings. The van der Waals surface area contributed by atoms with E-state index in [-0.39, 0.29) is 16.9 Å². The number of hydrogen-bond acceptors (Lipinski definition) is 4. The summed E-state index contributed by atoms with van der Waals surface area (Å²) < 4.78 is 15.8. The number of nitrogens with zero attached hydrogens (tertiary/aromatic N) is 2. The van der Waals surface area contributed by atoms with E-state index in [1.165, 1.54) is 4.57 Å². The van der Waals surface area contributed by atoms with Gasteiger partial charge in [0.2, 0.25) is 5.43 Å². The Balaban J connectivity index is 2.52. The molecule has 1 aliphatic rings. The standard InChI is InChI=1S/C13H8ClFN2O5/c14-9-8(17(21)22)3-6-11(10(9)15)16(5-1-2-5)4-7(12(6)18)13(19)20/h3-5H,1-2H2,(H,19,20). The molecule has 0 amide bonds. The molecule has 0 aliphatic heterocycles. The maximum Gasteiger partial charge on any atom is 0.341 e. The van der Waals surface area contributed by atoms with Gasteiger partial charge in [0.25, 0.3) is 5.69 Å². The summed E-state index contributed by atoms with van der Waals surface area (Å²) in [6.45, 7) is 0. The fraction of sp³-hybridized carbons (Fsp3) is 0.231. The van der Waals surface area contributed by atoms with E-state index in [2.05, 4.69) is 0 Å². The number of hydrogen-bond donors (Lipinski definition) is 1. The first-order chi connectivity index (χ1) is 10.3. The maximum atomic E-state index is 14.4. The van der Waals surface area contributed by atoms with Crippen molar-refractivity contribution in [3.05, 3.63) is 49.0 Å². The molecule has 1 N–H and O–H groups in total. The van der Waals surface area contributed by atoms with Crippen LogP contribution in [0.2, 0.25) is 5.02 Å². The van der Waals surface area contributed by atoms with Crippen LogP contribution < -0.4 is 5.43 Å². The zero-order chi connectivity index (χ0) is 16.2. The number of nitro benzene ring substituents is 1. The van der Waals surface area contributed by atoms with Crippen LogP contribution in [0.3, 0.4) is 0 Å². The fourth-order valence-electron chi connectivity index (χ4n) is 2.36. The van der Waals surface area contributed by atoms with Crippen molar-refractivity contribution >= 4 is 34.2 Å². The summed E-state index contributed by atoms with van der Waals surface area (Å²) in [5.74, 6) is -2.56. The number of aromatic nitrogens is 1. The molecule has 114 valence electrons. The Kier molecular flexibility index (Phi) is 3.13. The molecule has 3 rings (SSSR count). The fourth-order valence-corrected chi connectivity index (χ4v) is 2.57. The lowest BCUT2D eigenvalue weighted by Crippen LogP contribution is -2.19. The van der Waals surface area contributed by atoms with Crippen LogP contribution >= 0.6 is 11.6 Å². The van der Waals surface area contributed by atoms with E-state index in [1.54, 1.807) is 0 Å². The second-order valence-electron chi connectivity index (χ2n) is 4.99. The van der Waals surface area contributed by atoms with Gasteiger partial charge in [-0.25, -0.2) is 9.18 Å². The Morgan fingerprint density at radius 3 is 2.64 bits per heavy atom. The third-order valence-corrected chi connectivity index (χ3v) is 3.90. The van der Waals surface area contributed by atoms with Crippen molar-refractivity contribution in [2.75, 3.05) is 0 Å².